The SMILES string of the molecule is CCC.COC(CC(=O)N1CCCC1C(OC)C(C)C(=O)NC(Cc1ccccc1)c1nccs1)C(C1CCC1)N(C)C(=O)CNC(=O)C(C)(C)N. The van der Waals surface area contributed by atoms with Gasteiger partial charge in [-0.05, 0) is 57.4 Å². The molecule has 1 aliphatic carbocycles. The highest BCUT2D eigenvalue weighted by Crippen LogP contribution is 2.36. The number of benzene rings is 1. The number of hydrogen-bond donors (Lipinski definition) is 3. The van der Waals surface area contributed by atoms with Crippen molar-refractivity contribution in [1.82, 2.24) is 25.4 Å². The zero-order chi connectivity index (χ0) is 38.4. The minimum Gasteiger partial charge on any atom is -0.379 e. The summed E-state index contributed by atoms with van der Waals surface area (Å²) in [6.45, 7) is 9.62. The molecule has 1 aromatic carbocycles. The standard InChI is InChI=1S/C36H54N6O6S.C3H8/c1-23(33(45)40-26(34-38-17-19-49-34)20-24-12-8-7-9-13-24)32(48-6)27-16-11-18-42(27)29(43)21-28(47-5)31(25-14-10-15-25)41(4)30(44)22-39-35(46)36(2,3)37;1-3-2/h7-9,12-13,17,19,23,25-28,31-32H,10-11,14-16,18,20-22,37H2,1-6H3,(H,39,46)(H,40,45);3H2,1-2H3. The van der Waals surface area contributed by atoms with Crippen LogP contribution in [0.2, 0.25) is 0 Å². The summed E-state index contributed by atoms with van der Waals surface area (Å²) >= 11 is 1.50. The molecule has 4 rings (SSSR count). The van der Waals surface area contributed by atoms with Gasteiger partial charge in [0.25, 0.3) is 0 Å². The first kappa shape index (κ1) is 43.0. The van der Waals surface area contributed by atoms with E-state index in [2.05, 4.69) is 29.5 Å². The summed E-state index contributed by atoms with van der Waals surface area (Å²) < 4.78 is 11.9. The molecule has 0 spiro atoms. The Balaban J connectivity index is 0.00000235. The molecule has 2 heterocycles. The predicted octanol–water partition coefficient (Wildman–Crippen LogP) is 4.49. The van der Waals surface area contributed by atoms with Gasteiger partial charge in [-0.3, -0.25) is 19.2 Å². The molecule has 2 aliphatic rings. The van der Waals surface area contributed by atoms with Gasteiger partial charge in [0.15, 0.2) is 0 Å². The van der Waals surface area contributed by atoms with Gasteiger partial charge >= 0.3 is 0 Å². The second-order valence-corrected chi connectivity index (χ2v) is 15.6. The molecule has 6 atom stereocenters. The highest BCUT2D eigenvalue weighted by molar-refractivity contribution is 7.09. The Bertz CT molecular complexity index is 1400. The number of nitrogens with one attached hydrogen (secondary N) is 2. The van der Waals surface area contributed by atoms with Gasteiger partial charge in [-0.1, -0.05) is 63.9 Å². The molecular weight excluding hydrogens is 681 g/mol. The van der Waals surface area contributed by atoms with Gasteiger partial charge in [0.05, 0.1) is 54.8 Å². The van der Waals surface area contributed by atoms with E-state index in [1.807, 2.05) is 47.5 Å². The highest BCUT2D eigenvalue weighted by atomic mass is 32.1. The van der Waals surface area contributed by atoms with E-state index in [4.69, 9.17) is 15.2 Å². The van der Waals surface area contributed by atoms with Crippen molar-refractivity contribution in [1.29, 1.82) is 0 Å². The number of likely N-dealkylation sites (tertiary alicyclic amines) is 1. The summed E-state index contributed by atoms with van der Waals surface area (Å²) in [5.74, 6) is -1.31. The summed E-state index contributed by atoms with van der Waals surface area (Å²) in [4.78, 5) is 61.3. The number of aromatic nitrogens is 1. The fourth-order valence-electron chi connectivity index (χ4n) is 7.01. The van der Waals surface area contributed by atoms with E-state index in [1.54, 1.807) is 46.2 Å². The molecule has 12 nitrogen and oxygen atoms in total. The number of carbonyl (C=O) groups is 4. The van der Waals surface area contributed by atoms with Crippen molar-refractivity contribution in [2.75, 3.05) is 34.4 Å². The number of nitrogens with two attached hydrogens (primary N) is 1. The third kappa shape index (κ3) is 11.8. The van der Waals surface area contributed by atoms with Crippen LogP contribution in [0.5, 0.6) is 0 Å². The molecular formula is C39H62N6O6S. The van der Waals surface area contributed by atoms with Crippen LogP contribution in [-0.2, 0) is 35.1 Å². The maximum absolute atomic E-state index is 14.0. The molecule has 1 aliphatic heterocycles. The lowest BCUT2D eigenvalue weighted by Gasteiger charge is -2.43. The molecule has 1 aromatic heterocycles. The van der Waals surface area contributed by atoms with Gasteiger partial charge < -0.3 is 35.6 Å². The zero-order valence-electron chi connectivity index (χ0n) is 32.4. The minimum atomic E-state index is -1.11. The molecule has 13 heteroatoms. The zero-order valence-corrected chi connectivity index (χ0v) is 33.2. The monoisotopic (exact) mass is 742 g/mol. The summed E-state index contributed by atoms with van der Waals surface area (Å²) in [6, 6.07) is 9.07. The molecule has 1 saturated carbocycles. The van der Waals surface area contributed by atoms with Crippen molar-refractivity contribution in [2.45, 2.75) is 122 Å². The number of amides is 4. The minimum absolute atomic E-state index is 0.0776. The topological polar surface area (TPSA) is 156 Å². The van der Waals surface area contributed by atoms with Crippen LogP contribution in [0.4, 0.5) is 0 Å². The lowest BCUT2D eigenvalue weighted by Crippen LogP contribution is -2.57. The number of nitrogens with zero attached hydrogens (tertiary/aromatic N) is 3. The van der Waals surface area contributed by atoms with Crippen molar-refractivity contribution in [2.24, 2.45) is 17.6 Å². The summed E-state index contributed by atoms with van der Waals surface area (Å²) in [7, 11) is 4.87. The quantitative estimate of drug-likeness (QED) is 0.214. The third-order valence-corrected chi connectivity index (χ3v) is 10.9. The molecule has 0 radical (unpaired) electrons. The Labute approximate surface area is 314 Å². The summed E-state index contributed by atoms with van der Waals surface area (Å²) in [5, 5.41) is 8.58. The molecule has 1 saturated heterocycles. The van der Waals surface area contributed by atoms with Gasteiger partial charge in [-0.15, -0.1) is 11.3 Å². The molecule has 0 bridgehead atoms. The molecule has 2 fully saturated rings. The van der Waals surface area contributed by atoms with E-state index in [0.29, 0.717) is 19.4 Å². The first-order chi connectivity index (χ1) is 24.8. The Kier molecular flexibility index (Phi) is 17.2. The van der Waals surface area contributed by atoms with E-state index >= 15 is 0 Å². The third-order valence-electron chi connectivity index (χ3n) is 10.0. The number of likely N-dealkylation sites (N-methyl/N-ethyl adjacent to an activating group) is 1. The fraction of sp³-hybridized carbons (Fsp3) is 0.667. The molecule has 4 N–H and O–H groups in total. The van der Waals surface area contributed by atoms with Crippen LogP contribution in [0.15, 0.2) is 41.9 Å². The van der Waals surface area contributed by atoms with Crippen LogP contribution in [0, 0.1) is 11.8 Å². The Hall–Kier alpha value is -3.39. The van der Waals surface area contributed by atoms with E-state index in [0.717, 1.165) is 36.3 Å². The number of hydrogen-bond acceptors (Lipinski definition) is 9. The molecule has 2 aromatic rings. The van der Waals surface area contributed by atoms with Crippen LogP contribution < -0.4 is 16.4 Å². The number of rotatable bonds is 17. The maximum Gasteiger partial charge on any atom is 0.242 e. The lowest BCUT2D eigenvalue weighted by molar-refractivity contribution is -0.147. The van der Waals surface area contributed by atoms with E-state index in [1.165, 1.54) is 17.8 Å². The molecule has 6 unspecified atom stereocenters. The van der Waals surface area contributed by atoms with Crippen molar-refractivity contribution in [3.05, 3.63) is 52.5 Å². The highest BCUT2D eigenvalue weighted by Gasteiger charge is 2.43. The number of carbonyl (C=O) groups excluding carboxylic acids is 4. The van der Waals surface area contributed by atoms with Crippen LogP contribution in [0.25, 0.3) is 0 Å². The number of ether oxygens (including phenoxy) is 2. The smallest absolute Gasteiger partial charge is 0.242 e. The average molecular weight is 743 g/mol. The van der Waals surface area contributed by atoms with E-state index in [9.17, 15) is 19.2 Å². The van der Waals surface area contributed by atoms with E-state index in [-0.39, 0.29) is 54.7 Å². The lowest BCUT2D eigenvalue weighted by atomic mass is 9.76. The first-order valence-corrected chi connectivity index (χ1v) is 19.6. The van der Waals surface area contributed by atoms with Crippen molar-refractivity contribution >= 4 is 35.0 Å². The first-order valence-electron chi connectivity index (χ1n) is 18.7. The van der Waals surface area contributed by atoms with Crippen LogP contribution in [-0.4, -0.2) is 103 Å². The van der Waals surface area contributed by atoms with Crippen LogP contribution in [0.3, 0.4) is 0 Å². The van der Waals surface area contributed by atoms with Crippen LogP contribution in [0.1, 0.15) is 96.2 Å². The summed E-state index contributed by atoms with van der Waals surface area (Å²) in [6.07, 6.45) is 7.00. The largest absolute Gasteiger partial charge is 0.379 e. The molecule has 290 valence electrons. The number of methoxy groups -OCH3 is 2. The van der Waals surface area contributed by atoms with E-state index < -0.39 is 29.6 Å². The van der Waals surface area contributed by atoms with Gasteiger partial charge in [-0.2, -0.15) is 0 Å². The van der Waals surface area contributed by atoms with Crippen molar-refractivity contribution in [3.63, 3.8) is 0 Å². The van der Waals surface area contributed by atoms with Gasteiger partial charge in [0.2, 0.25) is 23.6 Å². The fourth-order valence-corrected chi connectivity index (χ4v) is 7.69. The van der Waals surface area contributed by atoms with Crippen LogP contribution >= 0.6 is 11.3 Å². The predicted molar refractivity (Wildman–Crippen MR) is 204 cm³/mol. The van der Waals surface area contributed by atoms with Gasteiger partial charge in [0, 0.05) is 39.4 Å². The second kappa shape index (κ2) is 20.7. The normalized spacial score (nSPS) is 18.9. The van der Waals surface area contributed by atoms with Gasteiger partial charge in [0.1, 0.15) is 5.01 Å². The van der Waals surface area contributed by atoms with Crippen molar-refractivity contribution in [3.8, 4) is 0 Å². The van der Waals surface area contributed by atoms with Gasteiger partial charge in [-0.25, -0.2) is 4.98 Å². The average Bonchev–Trinajstić information content (AvgIpc) is 3.81. The Morgan fingerprint density at radius 2 is 1.75 bits per heavy atom. The molecule has 4 amide bonds. The maximum atomic E-state index is 14.0. The molecule has 52 heavy (non-hydrogen) atoms. The Morgan fingerprint density at radius 3 is 2.29 bits per heavy atom. The van der Waals surface area contributed by atoms with Crippen molar-refractivity contribution < 1.29 is 28.7 Å². The Morgan fingerprint density at radius 1 is 1.08 bits per heavy atom. The summed E-state index contributed by atoms with van der Waals surface area (Å²) in [5.41, 5.74) is 5.86. The second-order valence-electron chi connectivity index (χ2n) is 14.7. The number of thiazole rings is 1.